The maximum Gasteiger partial charge on any atom is 0.341 e. The summed E-state index contributed by atoms with van der Waals surface area (Å²) in [5.74, 6) is -0.661. The van der Waals surface area contributed by atoms with E-state index in [1.54, 1.807) is 0 Å². The minimum absolute atomic E-state index is 0.0502. The second-order valence-electron chi connectivity index (χ2n) is 1.80. The van der Waals surface area contributed by atoms with E-state index < -0.39 is 5.97 Å². The maximum atomic E-state index is 10.7. The third-order valence-corrected chi connectivity index (χ3v) is 1.04. The topological polar surface area (TPSA) is 52.6 Å². The lowest BCUT2D eigenvalue weighted by molar-refractivity contribution is -0.136. The van der Waals surface area contributed by atoms with E-state index in [-0.39, 0.29) is 5.57 Å². The fourth-order valence-electron chi connectivity index (χ4n) is 0.495. The average Bonchev–Trinajstić information content (AvgIpc) is 2.26. The van der Waals surface area contributed by atoms with Gasteiger partial charge in [-0.25, -0.2) is 4.79 Å². The number of hydrogen-bond donors (Lipinski definition) is 0. The predicted octanol–water partition coefficient (Wildman–Crippen LogP) is 1.47. The van der Waals surface area contributed by atoms with Crippen LogP contribution in [-0.2, 0) is 19.1 Å². The van der Waals surface area contributed by atoms with Gasteiger partial charge in [0.15, 0.2) is 6.29 Å². The van der Waals surface area contributed by atoms with Gasteiger partial charge in [0.05, 0.1) is 26.1 Å². The first-order chi connectivity index (χ1) is 6.76. The van der Waals surface area contributed by atoms with Crippen molar-refractivity contribution in [3.63, 3.8) is 0 Å². The van der Waals surface area contributed by atoms with Crippen molar-refractivity contribution in [3.05, 3.63) is 24.0 Å². The van der Waals surface area contributed by atoms with Gasteiger partial charge in [-0.2, -0.15) is 0 Å². The Kier molecular flexibility index (Phi) is 12.2. The average molecular weight is 200 g/mol. The lowest BCUT2D eigenvalue weighted by atomic mass is 10.3. The molecular formula is C10H16O4. The van der Waals surface area contributed by atoms with E-state index in [0.29, 0.717) is 6.29 Å². The Morgan fingerprint density at radius 2 is 1.79 bits per heavy atom. The van der Waals surface area contributed by atoms with Crippen molar-refractivity contribution in [1.29, 1.82) is 0 Å². The molecule has 0 bridgehead atoms. The molecule has 0 saturated carbocycles. The van der Waals surface area contributed by atoms with E-state index in [1.807, 2.05) is 13.8 Å². The van der Waals surface area contributed by atoms with Crippen molar-refractivity contribution < 1.29 is 19.1 Å². The smallest absolute Gasteiger partial charge is 0.341 e. The minimum Gasteiger partial charge on any atom is -0.504 e. The molecule has 0 aliphatic carbocycles. The van der Waals surface area contributed by atoms with Gasteiger partial charge in [-0.05, 0) is 12.2 Å². The molecule has 4 heteroatoms. The molecule has 14 heavy (non-hydrogen) atoms. The molecule has 4 nitrogen and oxygen atoms in total. The van der Waals surface area contributed by atoms with Crippen molar-refractivity contribution >= 4 is 12.3 Å². The summed E-state index contributed by atoms with van der Waals surface area (Å²) in [5, 5.41) is 0. The number of rotatable bonds is 4. The second-order valence-corrected chi connectivity index (χ2v) is 1.80. The van der Waals surface area contributed by atoms with Gasteiger partial charge in [-0.3, -0.25) is 4.79 Å². The summed E-state index contributed by atoms with van der Waals surface area (Å²) in [7, 11) is 2.67. The number of hydrogen-bond acceptors (Lipinski definition) is 4. The highest BCUT2D eigenvalue weighted by Crippen LogP contribution is 1.93. The molecule has 0 unspecified atom stereocenters. The van der Waals surface area contributed by atoms with Crippen molar-refractivity contribution in [1.82, 2.24) is 0 Å². The van der Waals surface area contributed by atoms with Crippen molar-refractivity contribution in [2.75, 3.05) is 14.2 Å². The summed E-state index contributed by atoms with van der Waals surface area (Å²) >= 11 is 0. The molecule has 0 aromatic rings. The number of allylic oxidation sites excluding steroid dienone is 2. The van der Waals surface area contributed by atoms with Crippen LogP contribution in [-0.4, -0.2) is 26.5 Å². The summed E-state index contributed by atoms with van der Waals surface area (Å²) in [5.41, 5.74) is -0.0502. The second kappa shape index (κ2) is 11.4. The molecule has 0 heterocycles. The Hall–Kier alpha value is -1.58. The van der Waals surface area contributed by atoms with Gasteiger partial charge in [0.1, 0.15) is 0 Å². The van der Waals surface area contributed by atoms with Crippen molar-refractivity contribution in [3.8, 4) is 0 Å². The molecule has 0 N–H and O–H groups in total. The molecule has 0 atom stereocenters. The normalized spacial score (nSPS) is 10.1. The number of esters is 1. The van der Waals surface area contributed by atoms with Crippen LogP contribution in [0.4, 0.5) is 0 Å². The molecular weight excluding hydrogens is 184 g/mol. The van der Waals surface area contributed by atoms with Crippen LogP contribution in [0.5, 0.6) is 0 Å². The van der Waals surface area contributed by atoms with Crippen LogP contribution < -0.4 is 0 Å². The van der Waals surface area contributed by atoms with E-state index in [2.05, 4.69) is 9.47 Å². The Labute approximate surface area is 84.2 Å². The molecule has 0 aliphatic rings. The van der Waals surface area contributed by atoms with Gasteiger partial charge in [-0.15, -0.1) is 0 Å². The SMILES string of the molecule is CC.CO/C=C\C=C(/C=O)C(=O)OC. The van der Waals surface area contributed by atoms with Gasteiger partial charge < -0.3 is 9.47 Å². The molecule has 0 aliphatic heterocycles. The largest absolute Gasteiger partial charge is 0.504 e. The van der Waals surface area contributed by atoms with Crippen LogP contribution in [0.3, 0.4) is 0 Å². The Morgan fingerprint density at radius 1 is 1.21 bits per heavy atom. The Morgan fingerprint density at radius 3 is 2.14 bits per heavy atom. The molecule has 0 fully saturated rings. The first-order valence-electron chi connectivity index (χ1n) is 4.19. The van der Waals surface area contributed by atoms with Crippen LogP contribution in [0.2, 0.25) is 0 Å². The lowest BCUT2D eigenvalue weighted by Crippen LogP contribution is -2.05. The zero-order chi connectivity index (χ0) is 11.4. The van der Waals surface area contributed by atoms with Crippen LogP contribution in [0.25, 0.3) is 0 Å². The van der Waals surface area contributed by atoms with Crippen molar-refractivity contribution in [2.45, 2.75) is 13.8 Å². The summed E-state index contributed by atoms with van der Waals surface area (Å²) in [6.45, 7) is 4.00. The molecule has 0 aromatic heterocycles. The zero-order valence-corrected chi connectivity index (χ0v) is 8.94. The molecule has 0 amide bonds. The Balaban J connectivity index is 0. The van der Waals surface area contributed by atoms with E-state index in [4.69, 9.17) is 0 Å². The van der Waals surface area contributed by atoms with Crippen LogP contribution >= 0.6 is 0 Å². The molecule has 0 saturated heterocycles. The van der Waals surface area contributed by atoms with Crippen molar-refractivity contribution in [2.24, 2.45) is 0 Å². The quantitative estimate of drug-likeness (QED) is 0.131. The number of aldehydes is 1. The van der Waals surface area contributed by atoms with Crippen LogP contribution in [0, 0.1) is 0 Å². The maximum absolute atomic E-state index is 10.7. The molecule has 0 spiro atoms. The van der Waals surface area contributed by atoms with E-state index >= 15 is 0 Å². The third kappa shape index (κ3) is 7.09. The highest BCUT2D eigenvalue weighted by Gasteiger charge is 2.05. The number of carbonyl (C=O) groups excluding carboxylic acids is 2. The standard InChI is InChI=1S/C8H10O4.C2H6/c1-11-5-3-4-7(6-9)8(10)12-2;1-2/h3-6H,1-2H3;1-2H3/b5-3-,7-4+;. The minimum atomic E-state index is -0.661. The third-order valence-electron chi connectivity index (χ3n) is 1.04. The molecule has 0 aromatic carbocycles. The highest BCUT2D eigenvalue weighted by molar-refractivity contribution is 6.07. The number of ether oxygens (including phenoxy) is 2. The number of carbonyl (C=O) groups is 2. The van der Waals surface area contributed by atoms with Gasteiger partial charge >= 0.3 is 5.97 Å². The number of methoxy groups -OCH3 is 2. The summed E-state index contributed by atoms with van der Waals surface area (Å²) < 4.78 is 8.88. The fraction of sp³-hybridized carbons (Fsp3) is 0.400. The van der Waals surface area contributed by atoms with Gasteiger partial charge in [0, 0.05) is 0 Å². The van der Waals surface area contributed by atoms with E-state index in [1.165, 1.54) is 32.6 Å². The van der Waals surface area contributed by atoms with Crippen LogP contribution in [0.15, 0.2) is 24.0 Å². The molecule has 0 radical (unpaired) electrons. The molecule has 0 rings (SSSR count). The monoisotopic (exact) mass is 200 g/mol. The summed E-state index contributed by atoms with van der Waals surface area (Å²) in [4.78, 5) is 21.0. The van der Waals surface area contributed by atoms with Gasteiger partial charge in [0.2, 0.25) is 0 Å². The van der Waals surface area contributed by atoms with E-state index in [0.717, 1.165) is 0 Å². The summed E-state index contributed by atoms with van der Waals surface area (Å²) in [6.07, 6.45) is 4.50. The van der Waals surface area contributed by atoms with Gasteiger partial charge in [-0.1, -0.05) is 13.8 Å². The highest BCUT2D eigenvalue weighted by atomic mass is 16.5. The predicted molar refractivity (Wildman–Crippen MR) is 53.7 cm³/mol. The zero-order valence-electron chi connectivity index (χ0n) is 8.94. The summed E-state index contributed by atoms with van der Waals surface area (Å²) in [6, 6.07) is 0. The first kappa shape index (κ1) is 14.9. The molecule has 80 valence electrons. The van der Waals surface area contributed by atoms with Gasteiger partial charge in [0.25, 0.3) is 0 Å². The van der Waals surface area contributed by atoms with Crippen LogP contribution in [0.1, 0.15) is 13.8 Å². The lowest BCUT2D eigenvalue weighted by Gasteiger charge is -1.93. The van der Waals surface area contributed by atoms with E-state index in [9.17, 15) is 9.59 Å². The Bertz CT molecular complexity index is 216. The fourth-order valence-corrected chi connectivity index (χ4v) is 0.495. The first-order valence-corrected chi connectivity index (χ1v) is 4.19.